The molecule has 0 fully saturated rings. The number of aromatic nitrogens is 2. The van der Waals surface area contributed by atoms with E-state index in [1.165, 1.54) is 12.1 Å². The molecule has 44 heavy (non-hydrogen) atoms. The Morgan fingerprint density at radius 3 is 2.36 bits per heavy atom. The number of aryl methyl sites for hydroxylation is 1. The monoisotopic (exact) mass is 639 g/mol. The van der Waals surface area contributed by atoms with Gasteiger partial charge in [0.1, 0.15) is 22.4 Å². The summed E-state index contributed by atoms with van der Waals surface area (Å²) in [6, 6.07) is 13.0. The van der Waals surface area contributed by atoms with Gasteiger partial charge in [-0.15, -0.1) is 16.9 Å². The van der Waals surface area contributed by atoms with E-state index in [2.05, 4.69) is 49.5 Å². The van der Waals surface area contributed by atoms with Crippen molar-refractivity contribution in [2.45, 2.75) is 39.7 Å². The van der Waals surface area contributed by atoms with E-state index in [4.69, 9.17) is 11.6 Å². The largest absolute Gasteiger partial charge is 0.416 e. The Bertz CT molecular complexity index is 1650. The fourth-order valence-corrected chi connectivity index (χ4v) is 6.00. The van der Waals surface area contributed by atoms with Crippen LogP contribution in [0.4, 0.5) is 17.6 Å². The van der Waals surface area contributed by atoms with Gasteiger partial charge in [0.2, 0.25) is 0 Å². The minimum atomic E-state index is -4.61. The van der Waals surface area contributed by atoms with E-state index in [1.807, 2.05) is 6.07 Å². The number of benzene rings is 2. The number of alkyl halides is 4. The molecule has 0 aliphatic carbocycles. The van der Waals surface area contributed by atoms with Gasteiger partial charge in [-0.05, 0) is 54.1 Å². The molecule has 0 bridgehead atoms. The van der Waals surface area contributed by atoms with Crippen molar-refractivity contribution < 1.29 is 27.5 Å². The second-order valence-corrected chi connectivity index (χ2v) is 14.3. The number of hydrogen-bond acceptors (Lipinski definition) is 4. The molecule has 4 rings (SSSR count). The highest BCUT2D eigenvalue weighted by Gasteiger charge is 2.34. The molecule has 2 aromatic carbocycles. The summed E-state index contributed by atoms with van der Waals surface area (Å²) in [7, 11) is 10.9. The van der Waals surface area contributed by atoms with E-state index in [0.717, 1.165) is 11.0 Å². The molecule has 4 aromatic rings. The van der Waals surface area contributed by atoms with Crippen molar-refractivity contribution in [1.29, 1.82) is 0 Å². The van der Waals surface area contributed by atoms with Crippen LogP contribution in [0.25, 0.3) is 10.9 Å². The Balaban J connectivity index is 1.57. The number of carbonyl (C=O) groups is 1. The molecule has 0 aliphatic heterocycles. The van der Waals surface area contributed by atoms with Crippen LogP contribution in [0.15, 0.2) is 65.7 Å². The molecule has 1 atom stereocenters. The van der Waals surface area contributed by atoms with E-state index in [0.29, 0.717) is 22.3 Å². The van der Waals surface area contributed by atoms with Gasteiger partial charge in [0.05, 0.1) is 54.0 Å². The minimum Gasteiger partial charge on any atom is -0.394 e. The van der Waals surface area contributed by atoms with Crippen molar-refractivity contribution in [3.8, 4) is 0 Å². The normalized spacial score (nSPS) is 13.2. The highest BCUT2D eigenvalue weighted by atomic mass is 35.5. The maximum absolute atomic E-state index is 13.7. The Morgan fingerprint density at radius 2 is 1.77 bits per heavy atom. The average Bonchev–Trinajstić information content (AvgIpc) is 3.28. The van der Waals surface area contributed by atoms with Crippen LogP contribution in [-0.4, -0.2) is 77.6 Å². The number of nitrogens with one attached hydrogen (secondary N) is 1. The predicted molar refractivity (Wildman–Crippen MR) is 183 cm³/mol. The van der Waals surface area contributed by atoms with E-state index in [1.54, 1.807) is 52.9 Å². The zero-order valence-corrected chi connectivity index (χ0v) is 26.8. The minimum absolute atomic E-state index is 0.00690. The first-order valence-corrected chi connectivity index (χ1v) is 15.3. The summed E-state index contributed by atoms with van der Waals surface area (Å²) in [5, 5.41) is 13.5. The molecule has 16 heteroatoms. The zero-order chi connectivity index (χ0) is 32.4. The average molecular weight is 639 g/mol. The van der Waals surface area contributed by atoms with Gasteiger partial charge in [-0.3, -0.25) is 9.78 Å². The van der Waals surface area contributed by atoms with Gasteiger partial charge in [-0.2, -0.15) is 13.2 Å². The Hall–Kier alpha value is -2.76. The molecule has 0 spiro atoms. The third-order valence-electron chi connectivity index (χ3n) is 8.09. The molecule has 0 saturated heterocycles. The number of rotatable bonds is 11. The molecular formula is C28H31B5ClF4N3O2S. The quantitative estimate of drug-likeness (QED) is 0.149. The maximum atomic E-state index is 13.7. The Labute approximate surface area is 268 Å². The molecule has 1 amide bonds. The number of fused-ring (bicyclic) bond motifs is 1. The second-order valence-electron chi connectivity index (χ2n) is 12.2. The summed E-state index contributed by atoms with van der Waals surface area (Å²) in [4.78, 5) is 18.7. The number of amides is 1. The molecule has 0 saturated carbocycles. The van der Waals surface area contributed by atoms with Crippen molar-refractivity contribution in [3.05, 3.63) is 93.9 Å². The number of aliphatic hydroxyl groups excluding tert-OH is 1. The van der Waals surface area contributed by atoms with Gasteiger partial charge in [0.15, 0.2) is 0 Å². The standard InChI is InChI=1S/C28H31B5ClF4N3O2S/c29-27(30,31)28(32,33)44-20-4-5-22(39-13-20)23(14-42)40-25(43)16-2-6-24-17(9-16)11-19(41(24)8-7-35)10-15-1-3-18(34)12-21(15)26(36,37)38/h1-6,9,11-13,23,42H,7-8,10,14,29-33H2,(H,40,43). The zero-order valence-electron chi connectivity index (χ0n) is 25.2. The lowest BCUT2D eigenvalue weighted by Crippen LogP contribution is -2.42. The predicted octanol–water partition coefficient (Wildman–Crippen LogP) is 1.72. The van der Waals surface area contributed by atoms with Crippen LogP contribution in [-0.2, 0) is 19.1 Å². The van der Waals surface area contributed by atoms with Crippen LogP contribution in [0.3, 0.4) is 0 Å². The summed E-state index contributed by atoms with van der Waals surface area (Å²) in [6.45, 7) is -1.15. The number of hydrogen-bond donors (Lipinski definition) is 2. The highest BCUT2D eigenvalue weighted by Crippen LogP contribution is 2.40. The van der Waals surface area contributed by atoms with Crippen LogP contribution >= 0.6 is 23.4 Å². The first kappa shape index (κ1) is 34.1. The molecule has 2 heterocycles. The van der Waals surface area contributed by atoms with Gasteiger partial charge in [-0.1, -0.05) is 22.2 Å². The lowest BCUT2D eigenvalue weighted by molar-refractivity contribution is -0.138. The number of thioether (sulfide) groups is 1. The molecule has 226 valence electrons. The van der Waals surface area contributed by atoms with Crippen LogP contribution in [0, 0.1) is 0 Å². The molecule has 2 aromatic heterocycles. The Kier molecular flexibility index (Phi) is 10.3. The molecule has 0 radical (unpaired) electrons. The van der Waals surface area contributed by atoms with Gasteiger partial charge in [-0.25, -0.2) is 4.39 Å². The van der Waals surface area contributed by atoms with E-state index < -0.39 is 30.4 Å². The number of nitrogens with zero attached hydrogens (tertiary/aromatic N) is 2. The molecule has 1 unspecified atom stereocenters. The van der Waals surface area contributed by atoms with Crippen LogP contribution in [0.1, 0.15) is 38.9 Å². The van der Waals surface area contributed by atoms with E-state index in [9.17, 15) is 27.5 Å². The van der Waals surface area contributed by atoms with Crippen molar-refractivity contribution in [2.75, 3.05) is 13.3 Å². The number of pyridine rings is 1. The summed E-state index contributed by atoms with van der Waals surface area (Å²) < 4.78 is 56.2. The fraction of sp³-hybridized carbons (Fsp3) is 0.286. The third-order valence-corrected chi connectivity index (χ3v) is 9.92. The van der Waals surface area contributed by atoms with E-state index >= 15 is 0 Å². The number of halogens is 5. The van der Waals surface area contributed by atoms with E-state index in [-0.39, 0.29) is 45.4 Å². The third kappa shape index (κ3) is 7.72. The smallest absolute Gasteiger partial charge is 0.394 e. The van der Waals surface area contributed by atoms with Gasteiger partial charge < -0.3 is 15.0 Å². The SMILES string of the molecule is BC(B)(B)C(B)(B)Sc1ccc(C(CO)NC(=O)c2ccc3c(c2)cc(Cc2ccc(Cl)cc2C(F)(F)F)n3CCF)nc1. The molecule has 2 N–H and O–H groups in total. The first-order valence-electron chi connectivity index (χ1n) is 14.1. The molecule has 0 aliphatic rings. The lowest BCUT2D eigenvalue weighted by atomic mass is 9.30. The van der Waals surface area contributed by atoms with Crippen molar-refractivity contribution in [1.82, 2.24) is 14.9 Å². The lowest BCUT2D eigenvalue weighted by Gasteiger charge is -2.39. The number of aliphatic hydroxyl groups is 1. The summed E-state index contributed by atoms with van der Waals surface area (Å²) in [6.07, 6.45) is -2.99. The Morgan fingerprint density at radius 1 is 1.05 bits per heavy atom. The van der Waals surface area contributed by atoms with Crippen molar-refractivity contribution >= 4 is 79.4 Å². The molecule has 5 nitrogen and oxygen atoms in total. The second kappa shape index (κ2) is 13.3. The van der Waals surface area contributed by atoms with Crippen LogP contribution in [0.5, 0.6) is 0 Å². The highest BCUT2D eigenvalue weighted by molar-refractivity contribution is 8.03. The van der Waals surface area contributed by atoms with Gasteiger partial charge in [0, 0.05) is 44.7 Å². The topological polar surface area (TPSA) is 67.2 Å². The summed E-state index contributed by atoms with van der Waals surface area (Å²) in [5.41, 5.74) is 0.986. The summed E-state index contributed by atoms with van der Waals surface area (Å²) in [5.74, 6) is -0.461. The first-order chi connectivity index (χ1) is 20.5. The van der Waals surface area contributed by atoms with Crippen LogP contribution in [0.2, 0.25) is 10.1 Å². The van der Waals surface area contributed by atoms with Crippen molar-refractivity contribution in [3.63, 3.8) is 0 Å². The van der Waals surface area contributed by atoms with Crippen LogP contribution < -0.4 is 5.32 Å². The summed E-state index contributed by atoms with van der Waals surface area (Å²) >= 11 is 7.54. The van der Waals surface area contributed by atoms with Gasteiger partial charge >= 0.3 is 6.18 Å². The fourth-order valence-electron chi connectivity index (χ4n) is 4.69. The maximum Gasteiger partial charge on any atom is 0.416 e. The van der Waals surface area contributed by atoms with Crippen molar-refractivity contribution in [2.24, 2.45) is 0 Å². The molecular weight excluding hydrogens is 608 g/mol. The number of carbonyl (C=O) groups excluding carboxylic acids is 1. The van der Waals surface area contributed by atoms with Gasteiger partial charge in [0.25, 0.3) is 5.91 Å².